The first-order chi connectivity index (χ1) is 17.6. The van der Waals surface area contributed by atoms with Gasteiger partial charge in [0.2, 0.25) is 0 Å². The summed E-state index contributed by atoms with van der Waals surface area (Å²) in [5.41, 5.74) is 2.45. The molecule has 0 aliphatic carbocycles. The molecule has 1 aromatic heterocycles. The van der Waals surface area contributed by atoms with Crippen molar-refractivity contribution in [1.82, 2.24) is 20.1 Å². The number of carbonyl (C=O) groups excluding carboxylic acids is 3. The highest BCUT2D eigenvalue weighted by molar-refractivity contribution is 7.14. The number of thiazole rings is 1. The molecule has 2 aliphatic heterocycles. The molecule has 5 rings (SSSR count). The fourth-order valence-electron chi connectivity index (χ4n) is 4.45. The molecule has 3 aromatic rings. The third-order valence-corrected chi connectivity index (χ3v) is 7.07. The topological polar surface area (TPSA) is 104 Å². The van der Waals surface area contributed by atoms with Gasteiger partial charge in [0, 0.05) is 43.7 Å². The van der Waals surface area contributed by atoms with E-state index in [0.717, 1.165) is 25.2 Å². The summed E-state index contributed by atoms with van der Waals surface area (Å²) in [6, 6.07) is 15.8. The van der Waals surface area contributed by atoms with E-state index < -0.39 is 6.04 Å². The van der Waals surface area contributed by atoms with Crippen LogP contribution in [0.5, 0.6) is 0 Å². The number of amides is 3. The number of rotatable bonds is 8. The second-order valence-electron chi connectivity index (χ2n) is 8.64. The zero-order valence-electron chi connectivity index (χ0n) is 19.7. The molecular weight excluding hydrogens is 478 g/mol. The summed E-state index contributed by atoms with van der Waals surface area (Å²) in [5.74, 6) is -0.852. The molecule has 0 radical (unpaired) electrons. The van der Waals surface area contributed by atoms with E-state index in [-0.39, 0.29) is 23.4 Å². The van der Waals surface area contributed by atoms with Gasteiger partial charge in [-0.2, -0.15) is 0 Å². The second-order valence-corrected chi connectivity index (χ2v) is 9.50. The van der Waals surface area contributed by atoms with E-state index in [0.29, 0.717) is 42.6 Å². The normalized spacial score (nSPS) is 16.4. The van der Waals surface area contributed by atoms with E-state index in [1.165, 1.54) is 11.3 Å². The Morgan fingerprint density at radius 2 is 1.81 bits per heavy atom. The lowest BCUT2D eigenvalue weighted by Gasteiger charge is -2.27. The Morgan fingerprint density at radius 1 is 1.06 bits per heavy atom. The van der Waals surface area contributed by atoms with Crippen LogP contribution in [0.3, 0.4) is 0 Å². The van der Waals surface area contributed by atoms with Crippen molar-refractivity contribution in [2.24, 2.45) is 0 Å². The third-order valence-electron chi connectivity index (χ3n) is 6.31. The lowest BCUT2D eigenvalue weighted by Crippen LogP contribution is -2.41. The van der Waals surface area contributed by atoms with Crippen molar-refractivity contribution in [2.45, 2.75) is 12.6 Å². The summed E-state index contributed by atoms with van der Waals surface area (Å²) in [5, 5.41) is 7.63. The molecule has 1 atom stereocenters. The predicted octanol–water partition coefficient (Wildman–Crippen LogP) is 2.54. The van der Waals surface area contributed by atoms with Gasteiger partial charge >= 0.3 is 0 Å². The van der Waals surface area contributed by atoms with E-state index in [1.54, 1.807) is 16.3 Å². The van der Waals surface area contributed by atoms with E-state index in [9.17, 15) is 14.4 Å². The lowest BCUT2D eigenvalue weighted by atomic mass is 10.0. The van der Waals surface area contributed by atoms with Crippen LogP contribution in [0.4, 0.5) is 5.13 Å². The first kappa shape index (κ1) is 24.1. The van der Waals surface area contributed by atoms with Crippen molar-refractivity contribution in [2.75, 3.05) is 44.7 Å². The first-order valence-electron chi connectivity index (χ1n) is 11.9. The molecule has 186 valence electrons. The average molecular weight is 506 g/mol. The SMILES string of the molecule is O=C(NCCN1CCOCC1)c1csc(NC(=O)C(c2ccccc2)N2Cc3ccccc3C2=O)n1. The van der Waals surface area contributed by atoms with Crippen LogP contribution in [0.2, 0.25) is 0 Å². The molecule has 1 saturated heterocycles. The molecule has 36 heavy (non-hydrogen) atoms. The predicted molar refractivity (Wildman–Crippen MR) is 136 cm³/mol. The zero-order chi connectivity index (χ0) is 24.9. The molecule has 1 unspecified atom stereocenters. The lowest BCUT2D eigenvalue weighted by molar-refractivity contribution is -0.120. The average Bonchev–Trinajstić information content (AvgIpc) is 3.50. The van der Waals surface area contributed by atoms with E-state index in [4.69, 9.17) is 4.74 Å². The highest BCUT2D eigenvalue weighted by Gasteiger charge is 2.37. The number of hydrogen-bond donors (Lipinski definition) is 2. The van der Waals surface area contributed by atoms with Gasteiger partial charge < -0.3 is 15.0 Å². The minimum Gasteiger partial charge on any atom is -0.379 e. The quantitative estimate of drug-likeness (QED) is 0.488. The van der Waals surface area contributed by atoms with Gasteiger partial charge in [0.05, 0.1) is 13.2 Å². The summed E-state index contributed by atoms with van der Waals surface area (Å²) in [6.07, 6.45) is 0. The molecule has 2 aliphatic rings. The van der Waals surface area contributed by atoms with Crippen molar-refractivity contribution < 1.29 is 19.1 Å². The number of anilines is 1. The number of ether oxygens (including phenoxy) is 1. The van der Waals surface area contributed by atoms with Crippen molar-refractivity contribution >= 4 is 34.2 Å². The Balaban J connectivity index is 1.25. The molecule has 3 amide bonds. The number of fused-ring (bicyclic) bond motifs is 1. The highest BCUT2D eigenvalue weighted by atomic mass is 32.1. The molecule has 9 nitrogen and oxygen atoms in total. The van der Waals surface area contributed by atoms with Gasteiger partial charge in [0.25, 0.3) is 17.7 Å². The molecule has 0 saturated carbocycles. The summed E-state index contributed by atoms with van der Waals surface area (Å²) < 4.78 is 5.34. The van der Waals surface area contributed by atoms with Gasteiger partial charge in [-0.05, 0) is 17.2 Å². The number of nitrogens with zero attached hydrogens (tertiary/aromatic N) is 3. The maximum atomic E-state index is 13.5. The minimum absolute atomic E-state index is 0.186. The second kappa shape index (κ2) is 11.0. The smallest absolute Gasteiger partial charge is 0.270 e. The van der Waals surface area contributed by atoms with Gasteiger partial charge in [-0.15, -0.1) is 11.3 Å². The van der Waals surface area contributed by atoms with E-state index in [1.807, 2.05) is 48.5 Å². The summed E-state index contributed by atoms with van der Waals surface area (Å²) >= 11 is 1.18. The number of morpholine rings is 1. The standard InChI is InChI=1S/C26H27N5O4S/c32-23(27-10-11-30-12-14-35-15-13-30)21-17-36-26(28-21)29-24(33)22(18-6-2-1-3-7-18)31-16-19-8-4-5-9-20(19)25(31)34/h1-9,17,22H,10-16H2,(H,27,32)(H,28,29,33). The molecule has 3 heterocycles. The summed E-state index contributed by atoms with van der Waals surface area (Å²) in [7, 11) is 0. The number of carbonyl (C=O) groups is 3. The molecule has 10 heteroatoms. The zero-order valence-corrected chi connectivity index (χ0v) is 20.5. The Morgan fingerprint density at radius 3 is 2.58 bits per heavy atom. The van der Waals surface area contributed by atoms with Crippen LogP contribution in [0, 0.1) is 0 Å². The van der Waals surface area contributed by atoms with Crippen LogP contribution in [-0.4, -0.2) is 71.9 Å². The highest BCUT2D eigenvalue weighted by Crippen LogP contribution is 2.32. The Labute approximate surface area is 213 Å². The van der Waals surface area contributed by atoms with Gasteiger partial charge in [0.15, 0.2) is 5.13 Å². The van der Waals surface area contributed by atoms with Crippen molar-refractivity contribution in [3.63, 3.8) is 0 Å². The molecule has 2 N–H and O–H groups in total. The van der Waals surface area contributed by atoms with Crippen LogP contribution < -0.4 is 10.6 Å². The maximum absolute atomic E-state index is 13.5. The fraction of sp³-hybridized carbons (Fsp3) is 0.308. The van der Waals surface area contributed by atoms with Crippen molar-refractivity contribution in [3.05, 3.63) is 82.4 Å². The first-order valence-corrected chi connectivity index (χ1v) is 12.8. The number of aromatic nitrogens is 1. The maximum Gasteiger partial charge on any atom is 0.270 e. The van der Waals surface area contributed by atoms with Gasteiger partial charge in [-0.1, -0.05) is 48.5 Å². The van der Waals surface area contributed by atoms with Crippen molar-refractivity contribution in [1.29, 1.82) is 0 Å². The van der Waals surface area contributed by atoms with Crippen LogP contribution in [0.15, 0.2) is 60.0 Å². The van der Waals surface area contributed by atoms with Gasteiger partial charge in [-0.3, -0.25) is 24.6 Å². The molecule has 0 spiro atoms. The summed E-state index contributed by atoms with van der Waals surface area (Å²) in [4.78, 5) is 47.3. The summed E-state index contributed by atoms with van der Waals surface area (Å²) in [6.45, 7) is 4.73. The Bertz CT molecular complexity index is 1240. The number of hydrogen-bond acceptors (Lipinski definition) is 7. The van der Waals surface area contributed by atoms with Crippen LogP contribution in [-0.2, 0) is 16.1 Å². The Hall–Kier alpha value is -3.60. The van der Waals surface area contributed by atoms with E-state index >= 15 is 0 Å². The molecule has 1 fully saturated rings. The largest absolute Gasteiger partial charge is 0.379 e. The fourth-order valence-corrected chi connectivity index (χ4v) is 5.14. The molecule has 0 bridgehead atoms. The Kier molecular flexibility index (Phi) is 7.36. The third kappa shape index (κ3) is 5.30. The van der Waals surface area contributed by atoms with Crippen LogP contribution >= 0.6 is 11.3 Å². The van der Waals surface area contributed by atoms with Crippen molar-refractivity contribution in [3.8, 4) is 0 Å². The minimum atomic E-state index is -0.833. The van der Waals surface area contributed by atoms with Crippen LogP contribution in [0.1, 0.15) is 38.0 Å². The monoisotopic (exact) mass is 505 g/mol. The van der Waals surface area contributed by atoms with E-state index in [2.05, 4.69) is 20.5 Å². The number of nitrogens with one attached hydrogen (secondary N) is 2. The molecular formula is C26H27N5O4S. The number of benzene rings is 2. The van der Waals surface area contributed by atoms with Crippen LogP contribution in [0.25, 0.3) is 0 Å². The molecule has 2 aromatic carbocycles. The van der Waals surface area contributed by atoms with Gasteiger partial charge in [-0.25, -0.2) is 4.98 Å². The van der Waals surface area contributed by atoms with Gasteiger partial charge in [0.1, 0.15) is 11.7 Å².